The number of ether oxygens (including phenoxy) is 1. The smallest absolute Gasteiger partial charge is 0.0594 e. The SMILES string of the molecule is CC(C)(C)[C@@H]1C[C@@]2(CN3CCOCC3)CC2N1C(C)(C)C. The van der Waals surface area contributed by atoms with Crippen molar-refractivity contribution in [2.75, 3.05) is 32.8 Å². The van der Waals surface area contributed by atoms with Gasteiger partial charge in [-0.25, -0.2) is 0 Å². The van der Waals surface area contributed by atoms with Crippen molar-refractivity contribution in [3.63, 3.8) is 0 Å². The molecule has 0 aromatic carbocycles. The fraction of sp³-hybridized carbons (Fsp3) is 1.00. The highest BCUT2D eigenvalue weighted by Crippen LogP contribution is 2.64. The number of rotatable bonds is 2. The predicted molar refractivity (Wildman–Crippen MR) is 87.5 cm³/mol. The maximum atomic E-state index is 5.51. The predicted octanol–water partition coefficient (Wildman–Crippen LogP) is 3.00. The number of morpholine rings is 1. The first kappa shape index (κ1) is 15.8. The molecule has 3 fully saturated rings. The number of hydrogen-bond acceptors (Lipinski definition) is 3. The Hall–Kier alpha value is -0.120. The molecule has 0 aromatic rings. The molecule has 21 heavy (non-hydrogen) atoms. The van der Waals surface area contributed by atoms with E-state index in [-0.39, 0.29) is 5.54 Å². The highest BCUT2D eigenvalue weighted by atomic mass is 16.5. The second kappa shape index (κ2) is 4.94. The summed E-state index contributed by atoms with van der Waals surface area (Å²) in [6.07, 6.45) is 2.80. The average molecular weight is 294 g/mol. The highest BCUT2D eigenvalue weighted by molar-refractivity contribution is 5.21. The van der Waals surface area contributed by atoms with Crippen LogP contribution in [0.15, 0.2) is 0 Å². The minimum absolute atomic E-state index is 0.284. The molecule has 1 aliphatic carbocycles. The molecule has 122 valence electrons. The van der Waals surface area contributed by atoms with Crippen molar-refractivity contribution in [1.29, 1.82) is 0 Å². The third kappa shape index (κ3) is 2.89. The summed E-state index contributed by atoms with van der Waals surface area (Å²) in [5.74, 6) is 0. The van der Waals surface area contributed by atoms with Gasteiger partial charge in [0.1, 0.15) is 0 Å². The van der Waals surface area contributed by atoms with Crippen molar-refractivity contribution >= 4 is 0 Å². The van der Waals surface area contributed by atoms with Gasteiger partial charge in [-0.15, -0.1) is 0 Å². The Kier molecular flexibility index (Phi) is 3.71. The lowest BCUT2D eigenvalue weighted by Gasteiger charge is -2.45. The molecule has 2 aliphatic heterocycles. The van der Waals surface area contributed by atoms with Crippen LogP contribution in [0.3, 0.4) is 0 Å². The van der Waals surface area contributed by atoms with Crippen LogP contribution in [0.2, 0.25) is 0 Å². The summed E-state index contributed by atoms with van der Waals surface area (Å²) in [5, 5.41) is 0. The molecule has 3 nitrogen and oxygen atoms in total. The standard InChI is InChI=1S/C18H34N2O/c1-16(2,3)14-11-18(13-19-7-9-21-10-8-19)12-15(18)20(14)17(4,5)6/h14-15H,7-13H2,1-6H3/t14-,15?,18-/m0/s1. The molecule has 0 aromatic heterocycles. The van der Waals surface area contributed by atoms with Gasteiger partial charge in [-0.3, -0.25) is 9.80 Å². The van der Waals surface area contributed by atoms with Crippen LogP contribution in [-0.4, -0.2) is 60.3 Å². The lowest BCUT2D eigenvalue weighted by molar-refractivity contribution is 0.0274. The summed E-state index contributed by atoms with van der Waals surface area (Å²) in [6, 6.07) is 1.53. The van der Waals surface area contributed by atoms with Gasteiger partial charge in [0.05, 0.1) is 13.2 Å². The number of piperidine rings is 1. The van der Waals surface area contributed by atoms with Crippen LogP contribution in [0.4, 0.5) is 0 Å². The third-order valence-corrected chi connectivity index (χ3v) is 5.83. The molecule has 3 heteroatoms. The third-order valence-electron chi connectivity index (χ3n) is 5.83. The summed E-state index contributed by atoms with van der Waals surface area (Å²) < 4.78 is 5.51. The monoisotopic (exact) mass is 294 g/mol. The summed E-state index contributed by atoms with van der Waals surface area (Å²) in [4.78, 5) is 5.50. The van der Waals surface area contributed by atoms with Crippen molar-refractivity contribution in [1.82, 2.24) is 9.80 Å². The van der Waals surface area contributed by atoms with E-state index in [0.717, 1.165) is 38.4 Å². The van der Waals surface area contributed by atoms with Crippen LogP contribution in [-0.2, 0) is 4.74 Å². The Morgan fingerprint density at radius 2 is 1.62 bits per heavy atom. The summed E-state index contributed by atoms with van der Waals surface area (Å²) in [7, 11) is 0. The summed E-state index contributed by atoms with van der Waals surface area (Å²) in [6.45, 7) is 19.9. The molecule has 3 rings (SSSR count). The van der Waals surface area contributed by atoms with Gasteiger partial charge < -0.3 is 4.74 Å². The van der Waals surface area contributed by atoms with Crippen LogP contribution >= 0.6 is 0 Å². The lowest BCUT2D eigenvalue weighted by atomic mass is 9.80. The second-order valence-corrected chi connectivity index (χ2v) is 9.63. The van der Waals surface area contributed by atoms with E-state index >= 15 is 0 Å². The zero-order valence-corrected chi connectivity index (χ0v) is 14.9. The molecule has 2 heterocycles. The van der Waals surface area contributed by atoms with Crippen LogP contribution in [0, 0.1) is 10.8 Å². The largest absolute Gasteiger partial charge is 0.379 e. The van der Waals surface area contributed by atoms with Crippen LogP contribution in [0.1, 0.15) is 54.4 Å². The Balaban J connectivity index is 1.75. The van der Waals surface area contributed by atoms with Crippen molar-refractivity contribution in [3.8, 4) is 0 Å². The molecule has 0 amide bonds. The lowest BCUT2D eigenvalue weighted by Crippen LogP contribution is -2.51. The zero-order valence-electron chi connectivity index (χ0n) is 14.9. The van der Waals surface area contributed by atoms with E-state index in [1.165, 1.54) is 19.4 Å². The van der Waals surface area contributed by atoms with Gasteiger partial charge in [0.2, 0.25) is 0 Å². The molecular weight excluding hydrogens is 260 g/mol. The molecule has 2 saturated heterocycles. The first-order valence-electron chi connectivity index (χ1n) is 8.72. The normalized spacial score (nSPS) is 38.6. The van der Waals surface area contributed by atoms with Gasteiger partial charge in [-0.1, -0.05) is 20.8 Å². The van der Waals surface area contributed by atoms with Gasteiger partial charge in [0.25, 0.3) is 0 Å². The summed E-state index contributed by atoms with van der Waals surface area (Å²) >= 11 is 0. The Morgan fingerprint density at radius 1 is 1.00 bits per heavy atom. The highest BCUT2D eigenvalue weighted by Gasteiger charge is 2.67. The summed E-state index contributed by atoms with van der Waals surface area (Å²) in [5.41, 5.74) is 1.23. The van der Waals surface area contributed by atoms with E-state index in [1.54, 1.807) is 0 Å². The van der Waals surface area contributed by atoms with Crippen molar-refractivity contribution < 1.29 is 4.74 Å². The molecule has 3 aliphatic rings. The molecule has 1 saturated carbocycles. The second-order valence-electron chi connectivity index (χ2n) is 9.63. The molecule has 0 bridgehead atoms. The van der Waals surface area contributed by atoms with E-state index in [2.05, 4.69) is 51.3 Å². The first-order chi connectivity index (χ1) is 9.63. The molecule has 0 N–H and O–H groups in total. The molecule has 1 unspecified atom stereocenters. The fourth-order valence-electron chi connectivity index (χ4n) is 4.74. The molecule has 0 radical (unpaired) electrons. The molecule has 0 spiro atoms. The quantitative estimate of drug-likeness (QED) is 0.778. The van der Waals surface area contributed by atoms with Crippen LogP contribution < -0.4 is 0 Å². The topological polar surface area (TPSA) is 15.7 Å². The maximum Gasteiger partial charge on any atom is 0.0594 e. The van der Waals surface area contributed by atoms with Crippen molar-refractivity contribution in [3.05, 3.63) is 0 Å². The zero-order chi connectivity index (χ0) is 15.5. The number of fused-ring (bicyclic) bond motifs is 1. The minimum atomic E-state index is 0.284. The van der Waals surface area contributed by atoms with E-state index in [1.807, 2.05) is 0 Å². The number of likely N-dealkylation sites (tertiary alicyclic amines) is 1. The Labute approximate surface area is 131 Å². The van der Waals surface area contributed by atoms with E-state index in [9.17, 15) is 0 Å². The number of nitrogens with zero attached hydrogens (tertiary/aromatic N) is 2. The van der Waals surface area contributed by atoms with Crippen molar-refractivity contribution in [2.45, 2.75) is 72.0 Å². The minimum Gasteiger partial charge on any atom is -0.379 e. The van der Waals surface area contributed by atoms with Crippen molar-refractivity contribution in [2.24, 2.45) is 10.8 Å². The Bertz CT molecular complexity index is 389. The van der Waals surface area contributed by atoms with Gasteiger partial charge in [-0.05, 0) is 39.0 Å². The van der Waals surface area contributed by atoms with E-state index in [0.29, 0.717) is 10.8 Å². The van der Waals surface area contributed by atoms with Gasteiger partial charge in [0.15, 0.2) is 0 Å². The molecule has 3 atom stereocenters. The van der Waals surface area contributed by atoms with Gasteiger partial charge in [-0.2, -0.15) is 0 Å². The van der Waals surface area contributed by atoms with E-state index < -0.39 is 0 Å². The first-order valence-corrected chi connectivity index (χ1v) is 8.72. The fourth-order valence-corrected chi connectivity index (χ4v) is 4.74. The van der Waals surface area contributed by atoms with E-state index in [4.69, 9.17) is 4.74 Å². The van der Waals surface area contributed by atoms with Crippen LogP contribution in [0.5, 0.6) is 0 Å². The van der Waals surface area contributed by atoms with Crippen LogP contribution in [0.25, 0.3) is 0 Å². The Morgan fingerprint density at radius 3 is 2.10 bits per heavy atom. The van der Waals surface area contributed by atoms with Gasteiger partial charge in [0, 0.05) is 42.7 Å². The number of hydrogen-bond donors (Lipinski definition) is 0. The van der Waals surface area contributed by atoms with Gasteiger partial charge >= 0.3 is 0 Å². The average Bonchev–Trinajstić information content (AvgIpc) is 2.91. The maximum absolute atomic E-state index is 5.51. The molecular formula is C18H34N2O.